The molecule has 0 saturated carbocycles. The van der Waals surface area contributed by atoms with Gasteiger partial charge in [-0.1, -0.05) is 18.6 Å². The number of hydrogen-bond acceptors (Lipinski definition) is 4. The normalized spacial score (nSPS) is 23.5. The molecule has 2 saturated heterocycles. The Morgan fingerprint density at radius 3 is 2.84 bits per heavy atom. The van der Waals surface area contributed by atoms with Crippen molar-refractivity contribution < 1.29 is 14.3 Å². The molecule has 2 amide bonds. The topological polar surface area (TPSA) is 70.7 Å². The molecule has 0 spiro atoms. The Kier molecular flexibility index (Phi) is 5.91. The van der Waals surface area contributed by atoms with E-state index in [1.54, 1.807) is 7.11 Å². The van der Waals surface area contributed by atoms with Crippen molar-refractivity contribution in [3.8, 4) is 5.75 Å². The van der Waals surface area contributed by atoms with Crippen molar-refractivity contribution in [1.29, 1.82) is 0 Å². The third kappa shape index (κ3) is 4.95. The van der Waals surface area contributed by atoms with Crippen LogP contribution in [-0.4, -0.2) is 56.0 Å². The van der Waals surface area contributed by atoms with Crippen LogP contribution < -0.4 is 15.4 Å². The van der Waals surface area contributed by atoms with Crippen molar-refractivity contribution in [2.24, 2.45) is 5.92 Å². The van der Waals surface area contributed by atoms with E-state index in [0.29, 0.717) is 19.6 Å². The molecule has 1 aromatic rings. The highest BCUT2D eigenvalue weighted by Crippen LogP contribution is 2.21. The maximum absolute atomic E-state index is 12.2. The van der Waals surface area contributed by atoms with Gasteiger partial charge in [0.25, 0.3) is 0 Å². The van der Waals surface area contributed by atoms with E-state index < -0.39 is 0 Å². The molecule has 6 nitrogen and oxygen atoms in total. The molecule has 2 aliphatic rings. The first kappa shape index (κ1) is 17.7. The number of hydrogen-bond donors (Lipinski definition) is 2. The summed E-state index contributed by atoms with van der Waals surface area (Å²) in [5.74, 6) is 1.05. The molecular formula is C19H27N3O3. The van der Waals surface area contributed by atoms with Crippen molar-refractivity contribution in [3.63, 3.8) is 0 Å². The van der Waals surface area contributed by atoms with E-state index in [9.17, 15) is 9.59 Å². The number of rotatable bonds is 6. The van der Waals surface area contributed by atoms with E-state index in [2.05, 4.69) is 15.5 Å². The third-order valence-corrected chi connectivity index (χ3v) is 5.04. The van der Waals surface area contributed by atoms with Gasteiger partial charge in [-0.05, 0) is 37.0 Å². The zero-order valence-corrected chi connectivity index (χ0v) is 14.8. The Balaban J connectivity index is 1.43. The van der Waals surface area contributed by atoms with Crippen LogP contribution in [0.5, 0.6) is 5.75 Å². The van der Waals surface area contributed by atoms with Crippen LogP contribution in [0, 0.1) is 5.92 Å². The standard InChI is InChI=1S/C19H27N3O3/c1-25-17-7-5-14(6-8-17)9-10-20-18(23)13-22-11-15-3-2-4-16(12-22)21-19(15)24/h5-8,15-16H,2-4,9-13H2,1H3,(H,20,23)(H,21,24)/t15-,16+/m0/s1. The average Bonchev–Trinajstić information content (AvgIpc) is 2.84. The minimum atomic E-state index is 0.0274. The Labute approximate surface area is 148 Å². The van der Waals surface area contributed by atoms with E-state index in [1.165, 1.54) is 5.56 Å². The molecule has 0 aliphatic carbocycles. The maximum Gasteiger partial charge on any atom is 0.234 e. The minimum Gasteiger partial charge on any atom is -0.497 e. The van der Waals surface area contributed by atoms with Crippen LogP contribution in [0.15, 0.2) is 24.3 Å². The predicted octanol–water partition coefficient (Wildman–Crippen LogP) is 0.954. The highest BCUT2D eigenvalue weighted by Gasteiger charge is 2.32. The van der Waals surface area contributed by atoms with Gasteiger partial charge < -0.3 is 15.4 Å². The van der Waals surface area contributed by atoms with Crippen molar-refractivity contribution in [2.75, 3.05) is 33.3 Å². The predicted molar refractivity (Wildman–Crippen MR) is 95.4 cm³/mol. The Morgan fingerprint density at radius 1 is 1.28 bits per heavy atom. The summed E-state index contributed by atoms with van der Waals surface area (Å²) >= 11 is 0. The van der Waals surface area contributed by atoms with Crippen molar-refractivity contribution in [1.82, 2.24) is 15.5 Å². The van der Waals surface area contributed by atoms with Gasteiger partial charge in [0.2, 0.25) is 11.8 Å². The summed E-state index contributed by atoms with van der Waals surface area (Å²) in [6.07, 6.45) is 3.83. The smallest absolute Gasteiger partial charge is 0.234 e. The second kappa shape index (κ2) is 8.34. The SMILES string of the molecule is COc1ccc(CCNC(=O)CN2C[C@H]3CCC[C@@H](C2)C(=O)N3)cc1. The molecule has 136 valence electrons. The van der Waals surface area contributed by atoms with Crippen LogP contribution >= 0.6 is 0 Å². The van der Waals surface area contributed by atoms with E-state index in [4.69, 9.17) is 4.74 Å². The monoisotopic (exact) mass is 345 g/mol. The number of amides is 2. The summed E-state index contributed by atoms with van der Waals surface area (Å²) in [5, 5.41) is 6.08. The Hall–Kier alpha value is -2.08. The van der Waals surface area contributed by atoms with Gasteiger partial charge in [0.1, 0.15) is 5.75 Å². The molecule has 0 aromatic heterocycles. The number of nitrogens with zero attached hydrogens (tertiary/aromatic N) is 1. The number of ether oxygens (including phenoxy) is 1. The zero-order valence-electron chi connectivity index (χ0n) is 14.8. The summed E-state index contributed by atoms with van der Waals surface area (Å²) in [5.41, 5.74) is 1.17. The lowest BCUT2D eigenvalue weighted by molar-refractivity contribution is -0.126. The van der Waals surface area contributed by atoms with Crippen LogP contribution in [-0.2, 0) is 16.0 Å². The molecule has 25 heavy (non-hydrogen) atoms. The number of benzene rings is 1. The largest absolute Gasteiger partial charge is 0.497 e. The molecule has 2 heterocycles. The highest BCUT2D eigenvalue weighted by atomic mass is 16.5. The molecule has 2 N–H and O–H groups in total. The lowest BCUT2D eigenvalue weighted by Crippen LogP contribution is -2.43. The van der Waals surface area contributed by atoms with Crippen molar-refractivity contribution in [2.45, 2.75) is 31.7 Å². The highest BCUT2D eigenvalue weighted by molar-refractivity contribution is 5.80. The van der Waals surface area contributed by atoms with Crippen LogP contribution in [0.4, 0.5) is 0 Å². The van der Waals surface area contributed by atoms with E-state index in [-0.39, 0.29) is 23.8 Å². The van der Waals surface area contributed by atoms with Gasteiger partial charge in [-0.3, -0.25) is 14.5 Å². The van der Waals surface area contributed by atoms with E-state index >= 15 is 0 Å². The molecule has 2 aliphatic heterocycles. The molecular weight excluding hydrogens is 318 g/mol. The molecule has 0 radical (unpaired) electrons. The summed E-state index contributed by atoms with van der Waals surface area (Å²) in [6, 6.07) is 8.07. The number of likely N-dealkylation sites (tertiary alicyclic amines) is 1. The summed E-state index contributed by atoms with van der Waals surface area (Å²) in [4.78, 5) is 26.4. The number of carbonyl (C=O) groups is 2. The second-order valence-corrected chi connectivity index (χ2v) is 6.98. The van der Waals surface area contributed by atoms with Crippen LogP contribution in [0.2, 0.25) is 0 Å². The van der Waals surface area contributed by atoms with Crippen LogP contribution in [0.3, 0.4) is 0 Å². The molecule has 3 rings (SSSR count). The molecule has 6 heteroatoms. The molecule has 2 atom stereocenters. The van der Waals surface area contributed by atoms with Gasteiger partial charge in [-0.25, -0.2) is 0 Å². The molecule has 2 fully saturated rings. The van der Waals surface area contributed by atoms with Gasteiger partial charge in [-0.2, -0.15) is 0 Å². The van der Waals surface area contributed by atoms with Crippen LogP contribution in [0.25, 0.3) is 0 Å². The fraction of sp³-hybridized carbons (Fsp3) is 0.579. The summed E-state index contributed by atoms with van der Waals surface area (Å²) in [7, 11) is 1.65. The number of fused-ring (bicyclic) bond motifs is 3. The molecule has 2 bridgehead atoms. The second-order valence-electron chi connectivity index (χ2n) is 6.98. The van der Waals surface area contributed by atoms with E-state index in [0.717, 1.165) is 38.0 Å². The van der Waals surface area contributed by atoms with E-state index in [1.807, 2.05) is 24.3 Å². The quantitative estimate of drug-likeness (QED) is 0.805. The molecule has 0 unspecified atom stereocenters. The first-order valence-electron chi connectivity index (χ1n) is 9.06. The van der Waals surface area contributed by atoms with Crippen LogP contribution in [0.1, 0.15) is 24.8 Å². The van der Waals surface area contributed by atoms with Gasteiger partial charge in [0, 0.05) is 25.7 Å². The first-order chi connectivity index (χ1) is 12.1. The number of nitrogens with one attached hydrogen (secondary N) is 2. The number of methoxy groups -OCH3 is 1. The molecule has 1 aromatic carbocycles. The fourth-order valence-electron chi connectivity index (χ4n) is 3.67. The average molecular weight is 345 g/mol. The fourth-order valence-corrected chi connectivity index (χ4v) is 3.67. The lowest BCUT2D eigenvalue weighted by Gasteiger charge is -2.26. The maximum atomic E-state index is 12.2. The zero-order chi connectivity index (χ0) is 17.6. The summed E-state index contributed by atoms with van der Waals surface area (Å²) in [6.45, 7) is 2.44. The summed E-state index contributed by atoms with van der Waals surface area (Å²) < 4.78 is 5.14. The first-order valence-corrected chi connectivity index (χ1v) is 9.06. The minimum absolute atomic E-state index is 0.0274. The van der Waals surface area contributed by atoms with Gasteiger partial charge in [-0.15, -0.1) is 0 Å². The van der Waals surface area contributed by atoms with Crippen molar-refractivity contribution >= 4 is 11.8 Å². The Morgan fingerprint density at radius 2 is 2.08 bits per heavy atom. The number of carbonyl (C=O) groups excluding carboxylic acids is 2. The third-order valence-electron chi connectivity index (χ3n) is 5.04. The van der Waals surface area contributed by atoms with Gasteiger partial charge in [0.15, 0.2) is 0 Å². The Bertz CT molecular complexity index is 602. The van der Waals surface area contributed by atoms with Gasteiger partial charge >= 0.3 is 0 Å². The van der Waals surface area contributed by atoms with Crippen molar-refractivity contribution in [3.05, 3.63) is 29.8 Å². The lowest BCUT2D eigenvalue weighted by atomic mass is 9.99. The van der Waals surface area contributed by atoms with Gasteiger partial charge in [0.05, 0.1) is 19.6 Å².